The molecule has 2 aromatic carbocycles. The molecule has 4 heteroatoms. The Bertz CT molecular complexity index is 1190. The molecule has 0 saturated carbocycles. The summed E-state index contributed by atoms with van der Waals surface area (Å²) in [6.07, 6.45) is 2.67. The van der Waals surface area contributed by atoms with Crippen molar-refractivity contribution in [2.45, 2.75) is 53.0 Å². The van der Waals surface area contributed by atoms with E-state index in [-0.39, 0.29) is 24.0 Å². The smallest absolute Gasteiger partial charge is 0.140 e. The van der Waals surface area contributed by atoms with Gasteiger partial charge in [0.05, 0.1) is 12.8 Å². The van der Waals surface area contributed by atoms with Gasteiger partial charge in [0, 0.05) is 29.2 Å². The van der Waals surface area contributed by atoms with Gasteiger partial charge in [0.15, 0.2) is 0 Å². The van der Waals surface area contributed by atoms with Crippen molar-refractivity contribution in [2.24, 2.45) is 10.4 Å². The summed E-state index contributed by atoms with van der Waals surface area (Å²) in [5.41, 5.74) is 5.95. The summed E-state index contributed by atoms with van der Waals surface area (Å²) in [4.78, 5) is 5.11. The fourth-order valence-corrected chi connectivity index (χ4v) is 4.85. The zero-order chi connectivity index (χ0) is 23.4. The van der Waals surface area contributed by atoms with Crippen LogP contribution in [0.3, 0.4) is 0 Å². The Balaban J connectivity index is 2.13. The van der Waals surface area contributed by atoms with E-state index in [1.54, 1.807) is 7.11 Å². The van der Waals surface area contributed by atoms with Gasteiger partial charge in [-0.2, -0.15) is 0 Å². The van der Waals surface area contributed by atoms with Gasteiger partial charge in [-0.3, -0.25) is 4.99 Å². The summed E-state index contributed by atoms with van der Waals surface area (Å²) < 4.78 is 12.1. The van der Waals surface area contributed by atoms with Crippen LogP contribution in [-0.4, -0.2) is 30.6 Å². The molecule has 0 bridgehead atoms. The Hall–Kier alpha value is -2.85. The quantitative estimate of drug-likeness (QED) is 0.592. The third-order valence-electron chi connectivity index (χ3n) is 6.35. The van der Waals surface area contributed by atoms with Crippen molar-refractivity contribution >= 4 is 16.5 Å². The predicted molar refractivity (Wildman–Crippen MR) is 132 cm³/mol. The van der Waals surface area contributed by atoms with Crippen LogP contribution in [0.25, 0.3) is 10.8 Å². The number of rotatable bonds is 4. The first-order valence-electron chi connectivity index (χ1n) is 11.2. The van der Waals surface area contributed by atoms with E-state index in [0.717, 1.165) is 50.3 Å². The van der Waals surface area contributed by atoms with Gasteiger partial charge >= 0.3 is 0 Å². The Morgan fingerprint density at radius 1 is 1.25 bits per heavy atom. The summed E-state index contributed by atoms with van der Waals surface area (Å²) in [5.74, 6) is 2.10. The number of methoxy groups -OCH3 is 1. The van der Waals surface area contributed by atoms with Gasteiger partial charge in [-0.05, 0) is 48.1 Å². The molecule has 0 fully saturated rings. The van der Waals surface area contributed by atoms with E-state index in [4.69, 9.17) is 14.5 Å². The van der Waals surface area contributed by atoms with Crippen molar-refractivity contribution in [1.29, 1.82) is 0 Å². The van der Waals surface area contributed by atoms with Gasteiger partial charge < -0.3 is 14.6 Å². The molecule has 32 heavy (non-hydrogen) atoms. The largest absolute Gasteiger partial charge is 0.499 e. The number of allylic oxidation sites excluding steroid dienone is 2. The van der Waals surface area contributed by atoms with Crippen LogP contribution in [0.5, 0.6) is 5.75 Å². The molecule has 0 amide bonds. The molecule has 0 aromatic heterocycles. The first kappa shape index (κ1) is 22.3. The van der Waals surface area contributed by atoms with Crippen LogP contribution < -0.4 is 4.74 Å². The molecule has 2 aliphatic rings. The monoisotopic (exact) mass is 431 g/mol. The number of nitrogens with zero attached hydrogens (tertiary/aromatic N) is 1. The Kier molecular flexibility index (Phi) is 5.54. The Morgan fingerprint density at radius 3 is 2.59 bits per heavy atom. The van der Waals surface area contributed by atoms with Crippen molar-refractivity contribution < 1.29 is 14.6 Å². The number of fused-ring (bicyclic) bond motifs is 2. The first-order chi connectivity index (χ1) is 15.1. The summed E-state index contributed by atoms with van der Waals surface area (Å²) in [7, 11) is 1.62. The zero-order valence-electron chi connectivity index (χ0n) is 20.0. The first-order valence-corrected chi connectivity index (χ1v) is 11.2. The van der Waals surface area contributed by atoms with Gasteiger partial charge in [-0.25, -0.2) is 0 Å². The average Bonchev–Trinajstić information content (AvgIpc) is 2.73. The van der Waals surface area contributed by atoms with Gasteiger partial charge in [-0.1, -0.05) is 57.7 Å². The molecule has 2 aromatic rings. The lowest BCUT2D eigenvalue weighted by Crippen LogP contribution is -2.33. The molecule has 0 aliphatic carbocycles. The third kappa shape index (κ3) is 3.57. The van der Waals surface area contributed by atoms with Crippen molar-refractivity contribution in [3.63, 3.8) is 0 Å². The SMILES string of the molecule is C=C1C2=NC(C(=C)OC)C(CCO)c3c2c(c(C)c2cc(C)ccc32)O/C1=C/C(C)(C)C. The molecule has 4 nitrogen and oxygen atoms in total. The maximum atomic E-state index is 9.94. The Morgan fingerprint density at radius 2 is 1.97 bits per heavy atom. The van der Waals surface area contributed by atoms with Crippen LogP contribution in [-0.2, 0) is 4.74 Å². The molecule has 0 spiro atoms. The Labute approximate surface area is 191 Å². The topological polar surface area (TPSA) is 51.0 Å². The number of benzene rings is 2. The molecule has 168 valence electrons. The summed E-state index contributed by atoms with van der Waals surface area (Å²) >= 11 is 0. The number of aliphatic hydroxyl groups excluding tert-OH is 1. The van der Waals surface area contributed by atoms with Gasteiger partial charge in [0.1, 0.15) is 23.3 Å². The van der Waals surface area contributed by atoms with Crippen LogP contribution >= 0.6 is 0 Å². The number of hydrogen-bond acceptors (Lipinski definition) is 4. The molecular formula is C28H33NO3. The van der Waals surface area contributed by atoms with E-state index in [9.17, 15) is 5.11 Å². The van der Waals surface area contributed by atoms with E-state index in [1.807, 2.05) is 0 Å². The van der Waals surface area contributed by atoms with Crippen LogP contribution in [0.2, 0.25) is 0 Å². The van der Waals surface area contributed by atoms with Crippen molar-refractivity contribution in [3.8, 4) is 5.75 Å². The van der Waals surface area contributed by atoms with Crippen molar-refractivity contribution in [1.82, 2.24) is 0 Å². The van der Waals surface area contributed by atoms with Gasteiger partial charge in [0.2, 0.25) is 0 Å². The van der Waals surface area contributed by atoms with Crippen LogP contribution in [0.15, 0.2) is 59.5 Å². The van der Waals surface area contributed by atoms with Gasteiger partial charge in [0.25, 0.3) is 0 Å². The minimum Gasteiger partial charge on any atom is -0.499 e. The maximum absolute atomic E-state index is 9.94. The highest BCUT2D eigenvalue weighted by molar-refractivity contribution is 6.21. The summed E-state index contributed by atoms with van der Waals surface area (Å²) in [5, 5.41) is 12.3. The molecule has 2 heterocycles. The van der Waals surface area contributed by atoms with E-state index >= 15 is 0 Å². The molecule has 2 unspecified atom stereocenters. The number of aryl methyl sites for hydroxylation is 2. The van der Waals surface area contributed by atoms with E-state index < -0.39 is 0 Å². The summed E-state index contributed by atoms with van der Waals surface area (Å²) in [6, 6.07) is 6.22. The lowest BCUT2D eigenvalue weighted by molar-refractivity contribution is 0.232. The number of aliphatic imine (C=N–C) groups is 1. The standard InChI is InChI=1S/C28H33NO3/c1-15-9-10-19-21(13-15)16(2)27-24-23(19)20(11-12-30)26(18(4)31-8)29-25(24)17(3)22(32-27)14-28(5,6)7/h9-10,13-14,20,26,30H,3-4,11-12H2,1-2,5-8H3/b22-14+. The minimum atomic E-state index is -0.305. The average molecular weight is 432 g/mol. The van der Waals surface area contributed by atoms with Gasteiger partial charge in [-0.15, -0.1) is 0 Å². The highest BCUT2D eigenvalue weighted by Gasteiger charge is 2.41. The van der Waals surface area contributed by atoms with Crippen molar-refractivity contribution in [2.75, 3.05) is 13.7 Å². The fraction of sp³-hybridized carbons (Fsp3) is 0.393. The molecule has 2 aliphatic heterocycles. The second-order valence-corrected chi connectivity index (χ2v) is 9.96. The zero-order valence-corrected chi connectivity index (χ0v) is 20.0. The van der Waals surface area contributed by atoms with Crippen LogP contribution in [0.4, 0.5) is 0 Å². The van der Waals surface area contributed by atoms with E-state index in [2.05, 4.69) is 72.1 Å². The minimum absolute atomic E-state index is 0.0516. The molecule has 0 radical (unpaired) electrons. The number of aliphatic hydroxyl groups is 1. The molecule has 0 saturated heterocycles. The summed E-state index contributed by atoms with van der Waals surface area (Å²) in [6.45, 7) is 19.2. The van der Waals surface area contributed by atoms with Crippen molar-refractivity contribution in [3.05, 3.63) is 76.8 Å². The number of ether oxygens (including phenoxy) is 2. The second kappa shape index (κ2) is 7.93. The van der Waals surface area contributed by atoms with Crippen LogP contribution in [0, 0.1) is 19.3 Å². The highest BCUT2D eigenvalue weighted by Crippen LogP contribution is 2.50. The molecule has 2 atom stereocenters. The second-order valence-electron chi connectivity index (χ2n) is 9.96. The normalized spacial score (nSPS) is 21.3. The fourth-order valence-electron chi connectivity index (χ4n) is 4.85. The molecule has 4 rings (SSSR count). The van der Waals surface area contributed by atoms with Crippen LogP contribution in [0.1, 0.15) is 55.4 Å². The van der Waals surface area contributed by atoms with E-state index in [0.29, 0.717) is 12.2 Å². The maximum Gasteiger partial charge on any atom is 0.140 e. The lowest BCUT2D eigenvalue weighted by Gasteiger charge is -2.38. The lowest BCUT2D eigenvalue weighted by atomic mass is 9.75. The van der Waals surface area contributed by atoms with E-state index in [1.165, 1.54) is 5.56 Å². The molecule has 1 N–H and O–H groups in total. The number of hydrogen-bond donors (Lipinski definition) is 1. The molecular weight excluding hydrogens is 398 g/mol. The highest BCUT2D eigenvalue weighted by atomic mass is 16.5. The third-order valence-corrected chi connectivity index (χ3v) is 6.35. The predicted octanol–water partition coefficient (Wildman–Crippen LogP) is 6.13.